The molecule has 35 heavy (non-hydrogen) atoms. The fraction of sp³-hybridized carbons (Fsp3) is 0.939. The zero-order valence-corrected chi connectivity index (χ0v) is 24.9. The van der Waals surface area contributed by atoms with Crippen LogP contribution in [0.2, 0.25) is 0 Å². The monoisotopic (exact) mass is 491 g/mol. The minimum Gasteiger partial charge on any atom is -0.356 e. The van der Waals surface area contributed by atoms with Crippen molar-refractivity contribution in [2.75, 3.05) is 13.1 Å². The Morgan fingerprint density at radius 1 is 0.429 bits per heavy atom. The van der Waals surface area contributed by atoms with Gasteiger partial charge in [-0.15, -0.1) is 0 Å². The van der Waals surface area contributed by atoms with Gasteiger partial charge in [-0.3, -0.25) is 0 Å². The third kappa shape index (κ3) is 17.4. The predicted molar refractivity (Wildman–Crippen MR) is 159 cm³/mol. The van der Waals surface area contributed by atoms with Crippen LogP contribution in [-0.2, 0) is 0 Å². The van der Waals surface area contributed by atoms with Crippen LogP contribution in [0.5, 0.6) is 0 Å². The largest absolute Gasteiger partial charge is 0.356 e. The van der Waals surface area contributed by atoms with Gasteiger partial charge in [0, 0.05) is 25.5 Å². The number of hydrogen-bond acceptors (Lipinski definition) is 2. The third-order valence-electron chi connectivity index (χ3n) is 8.02. The molecule has 0 aromatic heterocycles. The highest BCUT2D eigenvalue weighted by Crippen LogP contribution is 2.24. The van der Waals surface area contributed by atoms with E-state index in [1.54, 1.807) is 0 Å². The normalized spacial score (nSPS) is 15.7. The van der Waals surface area contributed by atoms with E-state index in [4.69, 9.17) is 0 Å². The molecule has 0 fully saturated rings. The molecule has 1 aliphatic rings. The summed E-state index contributed by atoms with van der Waals surface area (Å²) in [5.41, 5.74) is 0. The molecule has 0 radical (unpaired) electrons. The lowest BCUT2D eigenvalue weighted by molar-refractivity contribution is 0.104. The van der Waals surface area contributed by atoms with Crippen molar-refractivity contribution >= 4 is 0 Å². The SMILES string of the molecule is CCCCCCCCCCCCCCCCCCCN1C=CN(CCCCCCCC)C1C(C)C. The van der Waals surface area contributed by atoms with Crippen LogP contribution in [0.25, 0.3) is 0 Å². The van der Waals surface area contributed by atoms with Gasteiger partial charge < -0.3 is 9.80 Å². The van der Waals surface area contributed by atoms with Crippen LogP contribution in [0.1, 0.15) is 175 Å². The second kappa shape index (κ2) is 23.7. The van der Waals surface area contributed by atoms with Gasteiger partial charge in [0.25, 0.3) is 0 Å². The van der Waals surface area contributed by atoms with E-state index in [1.807, 2.05) is 0 Å². The average Bonchev–Trinajstić information content (AvgIpc) is 3.26. The number of rotatable bonds is 26. The maximum Gasteiger partial charge on any atom is 0.103 e. The minimum absolute atomic E-state index is 0.590. The van der Waals surface area contributed by atoms with Crippen molar-refractivity contribution in [1.29, 1.82) is 0 Å². The van der Waals surface area contributed by atoms with Crippen molar-refractivity contribution in [2.24, 2.45) is 5.92 Å². The van der Waals surface area contributed by atoms with E-state index in [2.05, 4.69) is 49.9 Å². The Morgan fingerprint density at radius 2 is 0.686 bits per heavy atom. The van der Waals surface area contributed by atoms with Crippen molar-refractivity contribution in [2.45, 2.75) is 182 Å². The van der Waals surface area contributed by atoms with Gasteiger partial charge in [0.05, 0.1) is 0 Å². The van der Waals surface area contributed by atoms with Crippen LogP contribution in [0.3, 0.4) is 0 Å². The Labute approximate surface area is 222 Å². The van der Waals surface area contributed by atoms with Crippen molar-refractivity contribution < 1.29 is 0 Å². The molecule has 0 saturated carbocycles. The van der Waals surface area contributed by atoms with Gasteiger partial charge in [0.2, 0.25) is 0 Å². The lowest BCUT2D eigenvalue weighted by Gasteiger charge is -2.36. The Balaban J connectivity index is 1.93. The topological polar surface area (TPSA) is 6.48 Å². The van der Waals surface area contributed by atoms with Gasteiger partial charge >= 0.3 is 0 Å². The average molecular weight is 491 g/mol. The summed E-state index contributed by atoms with van der Waals surface area (Å²) in [5, 5.41) is 0. The summed E-state index contributed by atoms with van der Waals surface area (Å²) in [5.74, 6) is 0.691. The number of unbranched alkanes of at least 4 members (excludes halogenated alkanes) is 21. The second-order valence-corrected chi connectivity index (χ2v) is 11.9. The summed E-state index contributed by atoms with van der Waals surface area (Å²) in [6.45, 7) is 11.9. The van der Waals surface area contributed by atoms with Crippen molar-refractivity contribution in [3.8, 4) is 0 Å². The Morgan fingerprint density at radius 3 is 0.943 bits per heavy atom. The highest BCUT2D eigenvalue weighted by Gasteiger charge is 2.28. The maximum absolute atomic E-state index is 2.63. The van der Waals surface area contributed by atoms with Crippen LogP contribution in [0.15, 0.2) is 12.4 Å². The van der Waals surface area contributed by atoms with Crippen LogP contribution >= 0.6 is 0 Å². The molecule has 0 aliphatic carbocycles. The van der Waals surface area contributed by atoms with Crippen LogP contribution in [-0.4, -0.2) is 29.1 Å². The molecule has 0 spiro atoms. The molecule has 2 heteroatoms. The first-order chi connectivity index (χ1) is 17.2. The third-order valence-corrected chi connectivity index (χ3v) is 8.02. The summed E-state index contributed by atoms with van der Waals surface area (Å²) in [6.07, 6.45) is 38.3. The summed E-state index contributed by atoms with van der Waals surface area (Å²) < 4.78 is 0. The van der Waals surface area contributed by atoms with Gasteiger partial charge in [0.1, 0.15) is 6.17 Å². The van der Waals surface area contributed by atoms with Gasteiger partial charge in [-0.05, 0) is 18.8 Å². The van der Waals surface area contributed by atoms with Gasteiger partial charge in [-0.2, -0.15) is 0 Å². The van der Waals surface area contributed by atoms with Gasteiger partial charge in [0.15, 0.2) is 0 Å². The Bertz CT molecular complexity index is 458. The lowest BCUT2D eigenvalue weighted by Crippen LogP contribution is -2.43. The lowest BCUT2D eigenvalue weighted by atomic mass is 10.0. The van der Waals surface area contributed by atoms with E-state index < -0.39 is 0 Å². The molecule has 1 rings (SSSR count). The van der Waals surface area contributed by atoms with E-state index >= 15 is 0 Å². The highest BCUT2D eigenvalue weighted by molar-refractivity contribution is 4.98. The van der Waals surface area contributed by atoms with E-state index in [0.717, 1.165) is 0 Å². The zero-order valence-electron chi connectivity index (χ0n) is 24.9. The van der Waals surface area contributed by atoms with Crippen LogP contribution in [0.4, 0.5) is 0 Å². The van der Waals surface area contributed by atoms with Crippen LogP contribution < -0.4 is 0 Å². The molecule has 1 atom stereocenters. The van der Waals surface area contributed by atoms with Gasteiger partial charge in [-0.25, -0.2) is 0 Å². The molecule has 0 saturated heterocycles. The fourth-order valence-electron chi connectivity index (χ4n) is 5.81. The molecule has 0 bridgehead atoms. The summed E-state index contributed by atoms with van der Waals surface area (Å²) in [4.78, 5) is 5.26. The minimum atomic E-state index is 0.590. The first-order valence-corrected chi connectivity index (χ1v) is 16.4. The molecule has 0 aromatic rings. The van der Waals surface area contributed by atoms with E-state index in [-0.39, 0.29) is 0 Å². The molecule has 0 N–H and O–H groups in total. The first-order valence-electron chi connectivity index (χ1n) is 16.4. The predicted octanol–water partition coefficient (Wildman–Crippen LogP) is 11.1. The first kappa shape index (κ1) is 32.4. The van der Waals surface area contributed by atoms with Crippen molar-refractivity contribution in [3.05, 3.63) is 12.4 Å². The summed E-state index contributed by atoms with van der Waals surface area (Å²) >= 11 is 0. The second-order valence-electron chi connectivity index (χ2n) is 11.9. The molecular weight excluding hydrogens is 424 g/mol. The molecule has 2 nitrogen and oxygen atoms in total. The standard InChI is InChI=1S/C33H66N2/c1-5-7-9-11-13-14-15-16-17-18-19-20-21-22-23-25-27-29-35-31-30-34(33(35)32(3)4)28-26-24-12-10-8-6-2/h30-33H,5-29H2,1-4H3. The maximum atomic E-state index is 2.63. The molecule has 1 aliphatic heterocycles. The summed E-state index contributed by atoms with van der Waals surface area (Å²) in [7, 11) is 0. The Kier molecular flexibility index (Phi) is 21.9. The zero-order chi connectivity index (χ0) is 25.4. The molecule has 0 amide bonds. The van der Waals surface area contributed by atoms with Crippen molar-refractivity contribution in [1.82, 2.24) is 9.80 Å². The van der Waals surface area contributed by atoms with E-state index in [1.165, 1.54) is 161 Å². The molecule has 1 unspecified atom stereocenters. The smallest absolute Gasteiger partial charge is 0.103 e. The van der Waals surface area contributed by atoms with E-state index in [0.29, 0.717) is 12.1 Å². The quantitative estimate of drug-likeness (QED) is 0.111. The van der Waals surface area contributed by atoms with Crippen LogP contribution in [0, 0.1) is 5.92 Å². The van der Waals surface area contributed by atoms with Gasteiger partial charge in [-0.1, -0.05) is 163 Å². The molecule has 208 valence electrons. The molecule has 1 heterocycles. The Hall–Kier alpha value is -0.660. The number of nitrogens with zero attached hydrogens (tertiary/aromatic N) is 2. The van der Waals surface area contributed by atoms with E-state index in [9.17, 15) is 0 Å². The summed E-state index contributed by atoms with van der Waals surface area (Å²) in [6, 6.07) is 0. The molecule has 0 aromatic carbocycles. The number of hydrogen-bond donors (Lipinski definition) is 0. The highest BCUT2D eigenvalue weighted by atomic mass is 15.4. The fourth-order valence-corrected chi connectivity index (χ4v) is 5.81. The van der Waals surface area contributed by atoms with Crippen molar-refractivity contribution in [3.63, 3.8) is 0 Å². The molecular formula is C33H66N2.